The molecule has 1 aromatic rings. The van der Waals surface area contributed by atoms with Gasteiger partial charge in [-0.3, -0.25) is 0 Å². The molecule has 9 heteroatoms. The third-order valence-corrected chi connectivity index (χ3v) is 6.21. The fraction of sp³-hybridized carbons (Fsp3) is 0.727. The molecule has 3 rings (SSSR count). The van der Waals surface area contributed by atoms with Gasteiger partial charge >= 0.3 is 18.5 Å². The molecule has 0 amide bonds. The van der Waals surface area contributed by atoms with Crippen LogP contribution >= 0.6 is 0 Å². The number of hydrogen-bond acceptors (Lipinski definition) is 3. The lowest BCUT2D eigenvalue weighted by molar-refractivity contribution is -0.328. The number of ether oxygens (including phenoxy) is 3. The highest BCUT2D eigenvalue weighted by atomic mass is 19.4. The number of alkyl halides is 6. The summed E-state index contributed by atoms with van der Waals surface area (Å²) in [5, 5.41) is 0. The summed E-state index contributed by atoms with van der Waals surface area (Å²) in [6, 6.07) is 5.30. The number of halogens is 6. The molecule has 2 fully saturated rings. The first kappa shape index (κ1) is 24.2. The Morgan fingerprint density at radius 3 is 2.06 bits per heavy atom. The van der Waals surface area contributed by atoms with E-state index >= 15 is 0 Å². The Balaban J connectivity index is 1.41. The number of hydrogen-bond donors (Lipinski definition) is 0. The van der Waals surface area contributed by atoms with Crippen molar-refractivity contribution < 1.29 is 40.6 Å². The van der Waals surface area contributed by atoms with Gasteiger partial charge in [-0.15, -0.1) is 0 Å². The third-order valence-electron chi connectivity index (χ3n) is 6.21. The number of rotatable bonds is 7. The number of aryl methyl sites for hydroxylation is 1. The lowest BCUT2D eigenvalue weighted by Gasteiger charge is -2.37. The minimum Gasteiger partial charge on any atom is -0.454 e. The summed E-state index contributed by atoms with van der Waals surface area (Å²) in [4.78, 5) is 0. The van der Waals surface area contributed by atoms with Crippen molar-refractivity contribution in [2.24, 2.45) is 17.8 Å². The predicted molar refractivity (Wildman–Crippen MR) is 102 cm³/mol. The molecule has 1 aliphatic heterocycles. The zero-order chi connectivity index (χ0) is 22.6. The molecule has 1 saturated carbocycles. The van der Waals surface area contributed by atoms with Gasteiger partial charge in [0, 0.05) is 12.3 Å². The standard InChI is InChI=1S/C22H28F6O3/c1-14-2-7-16(8-3-14)17-12-29-19(30-13-17)11-6-15-4-9-18(10-5-15)31-20(23)21(24,25)22(26,27)28/h4-5,9-10,14,16-17,19-20H,2-3,6-8,11-13H2,1H3. The van der Waals surface area contributed by atoms with Crippen molar-refractivity contribution in [1.29, 1.82) is 0 Å². The van der Waals surface area contributed by atoms with Crippen LogP contribution in [0.1, 0.15) is 44.6 Å². The minimum absolute atomic E-state index is 0.338. The molecular weight excluding hydrogens is 426 g/mol. The van der Waals surface area contributed by atoms with Crippen molar-refractivity contribution in [3.8, 4) is 5.75 Å². The summed E-state index contributed by atoms with van der Waals surface area (Å²) < 4.78 is 91.6. The van der Waals surface area contributed by atoms with E-state index in [1.54, 1.807) is 0 Å². The van der Waals surface area contributed by atoms with Gasteiger partial charge in [-0.2, -0.15) is 26.3 Å². The van der Waals surface area contributed by atoms with Crippen molar-refractivity contribution in [3.63, 3.8) is 0 Å². The Hall–Kier alpha value is -1.48. The fourth-order valence-electron chi connectivity index (χ4n) is 4.10. The Morgan fingerprint density at radius 2 is 1.52 bits per heavy atom. The minimum atomic E-state index is -6.03. The average Bonchev–Trinajstić information content (AvgIpc) is 2.73. The zero-order valence-electron chi connectivity index (χ0n) is 17.3. The molecule has 1 heterocycles. The van der Waals surface area contributed by atoms with Gasteiger partial charge in [0.1, 0.15) is 5.75 Å². The molecule has 1 saturated heterocycles. The summed E-state index contributed by atoms with van der Waals surface area (Å²) in [6.45, 7) is 3.62. The molecule has 0 bridgehead atoms. The quantitative estimate of drug-likeness (QED) is 0.452. The topological polar surface area (TPSA) is 27.7 Å². The number of benzene rings is 1. The first-order valence-corrected chi connectivity index (χ1v) is 10.6. The van der Waals surface area contributed by atoms with Crippen molar-refractivity contribution in [3.05, 3.63) is 29.8 Å². The summed E-state index contributed by atoms with van der Waals surface area (Å²) in [7, 11) is 0. The summed E-state index contributed by atoms with van der Waals surface area (Å²) in [5.74, 6) is -4.13. The summed E-state index contributed by atoms with van der Waals surface area (Å²) in [5.41, 5.74) is 0.779. The van der Waals surface area contributed by atoms with Gasteiger partial charge in [0.05, 0.1) is 13.2 Å². The molecule has 31 heavy (non-hydrogen) atoms. The van der Waals surface area contributed by atoms with Crippen molar-refractivity contribution in [2.45, 2.75) is 70.2 Å². The van der Waals surface area contributed by atoms with Crippen LogP contribution in [0.25, 0.3) is 0 Å². The molecule has 0 radical (unpaired) electrons. The highest BCUT2D eigenvalue weighted by Crippen LogP contribution is 2.40. The van der Waals surface area contributed by atoms with Gasteiger partial charge in [-0.05, 0) is 48.8 Å². The second-order valence-electron chi connectivity index (χ2n) is 8.61. The Bertz CT molecular complexity index is 677. The van der Waals surface area contributed by atoms with Crippen molar-refractivity contribution in [2.75, 3.05) is 13.2 Å². The van der Waals surface area contributed by atoms with Crippen LogP contribution in [-0.4, -0.2) is 38.0 Å². The lowest BCUT2D eigenvalue weighted by atomic mass is 9.76. The second-order valence-corrected chi connectivity index (χ2v) is 8.61. The summed E-state index contributed by atoms with van der Waals surface area (Å²) >= 11 is 0. The zero-order valence-corrected chi connectivity index (χ0v) is 17.3. The van der Waals surface area contributed by atoms with Crippen LogP contribution in [0.4, 0.5) is 26.3 Å². The van der Waals surface area contributed by atoms with Crippen LogP contribution in [0.5, 0.6) is 5.75 Å². The van der Waals surface area contributed by atoms with Gasteiger partial charge in [0.25, 0.3) is 0 Å². The van der Waals surface area contributed by atoms with E-state index in [0.29, 0.717) is 37.9 Å². The molecule has 2 aliphatic rings. The van der Waals surface area contributed by atoms with Crippen LogP contribution in [0.2, 0.25) is 0 Å². The van der Waals surface area contributed by atoms with E-state index in [0.717, 1.165) is 23.6 Å². The molecule has 1 aliphatic carbocycles. The molecule has 176 valence electrons. The fourth-order valence-corrected chi connectivity index (χ4v) is 4.10. The van der Waals surface area contributed by atoms with Crippen LogP contribution in [0.3, 0.4) is 0 Å². The van der Waals surface area contributed by atoms with Crippen LogP contribution in [0, 0.1) is 17.8 Å². The molecule has 0 spiro atoms. The molecule has 3 nitrogen and oxygen atoms in total. The van der Waals surface area contributed by atoms with E-state index in [2.05, 4.69) is 11.7 Å². The Labute approximate surface area is 178 Å². The molecule has 1 unspecified atom stereocenters. The van der Waals surface area contributed by atoms with Crippen molar-refractivity contribution >= 4 is 0 Å². The molecule has 1 atom stereocenters. The highest BCUT2D eigenvalue weighted by molar-refractivity contribution is 5.27. The maximum absolute atomic E-state index is 13.3. The molecule has 0 N–H and O–H groups in total. The molecular formula is C22H28F6O3. The average molecular weight is 454 g/mol. The van der Waals surface area contributed by atoms with Crippen LogP contribution in [0.15, 0.2) is 24.3 Å². The Kier molecular flexibility index (Phi) is 7.78. The maximum atomic E-state index is 13.3. The largest absolute Gasteiger partial charge is 0.460 e. The highest BCUT2D eigenvalue weighted by Gasteiger charge is 2.65. The van der Waals surface area contributed by atoms with E-state index in [1.807, 2.05) is 0 Å². The Morgan fingerprint density at radius 1 is 0.935 bits per heavy atom. The van der Waals surface area contributed by atoms with E-state index in [1.165, 1.54) is 37.8 Å². The SMILES string of the molecule is CC1CCC(C2COC(CCc3ccc(OC(F)C(F)(F)C(F)(F)F)cc3)OC2)CC1. The smallest absolute Gasteiger partial charge is 0.454 e. The second kappa shape index (κ2) is 9.98. The first-order valence-electron chi connectivity index (χ1n) is 10.6. The monoisotopic (exact) mass is 454 g/mol. The van der Waals surface area contributed by atoms with E-state index in [-0.39, 0.29) is 6.29 Å². The van der Waals surface area contributed by atoms with E-state index in [9.17, 15) is 26.3 Å². The lowest BCUT2D eigenvalue weighted by Crippen LogP contribution is -2.47. The van der Waals surface area contributed by atoms with Gasteiger partial charge in [0.2, 0.25) is 0 Å². The van der Waals surface area contributed by atoms with Gasteiger partial charge in [-0.1, -0.05) is 31.9 Å². The maximum Gasteiger partial charge on any atom is 0.460 e. The predicted octanol–water partition coefficient (Wildman–Crippen LogP) is 6.31. The van der Waals surface area contributed by atoms with E-state index < -0.39 is 24.2 Å². The van der Waals surface area contributed by atoms with E-state index in [4.69, 9.17) is 9.47 Å². The van der Waals surface area contributed by atoms with Gasteiger partial charge in [-0.25, -0.2) is 0 Å². The van der Waals surface area contributed by atoms with Gasteiger partial charge < -0.3 is 14.2 Å². The van der Waals surface area contributed by atoms with Crippen molar-refractivity contribution in [1.82, 2.24) is 0 Å². The first-order chi connectivity index (χ1) is 14.6. The normalized spacial score (nSPS) is 28.9. The van der Waals surface area contributed by atoms with Gasteiger partial charge in [0.15, 0.2) is 6.29 Å². The molecule has 0 aromatic heterocycles. The molecule has 1 aromatic carbocycles. The van der Waals surface area contributed by atoms with Crippen LogP contribution < -0.4 is 4.74 Å². The summed E-state index contributed by atoms with van der Waals surface area (Å²) in [6.07, 6.45) is -4.12. The third kappa shape index (κ3) is 6.28. The van der Waals surface area contributed by atoms with Crippen LogP contribution in [-0.2, 0) is 15.9 Å².